The molecule has 0 saturated carbocycles. The molecule has 1 atom stereocenters. The van der Waals surface area contributed by atoms with Gasteiger partial charge in [0.15, 0.2) is 0 Å². The number of urea groups is 1. The molecular formula is C17H20N4O2S. The minimum Gasteiger partial charge on any atom is -0.350 e. The number of nitrogens with one attached hydrogen (secondary N) is 3. The fourth-order valence-corrected chi connectivity index (χ4v) is 3.78. The van der Waals surface area contributed by atoms with Crippen LogP contribution in [0.25, 0.3) is 0 Å². The van der Waals surface area contributed by atoms with Crippen molar-refractivity contribution in [3.63, 3.8) is 0 Å². The molecule has 3 N–H and O–H groups in total. The highest BCUT2D eigenvalue weighted by Gasteiger charge is 2.22. The molecule has 0 aliphatic heterocycles. The minimum atomic E-state index is -0.199. The number of fused-ring (bicyclic) bond motifs is 1. The summed E-state index contributed by atoms with van der Waals surface area (Å²) in [6.45, 7) is 0.747. The van der Waals surface area contributed by atoms with Crippen LogP contribution in [0.5, 0.6) is 0 Å². The molecule has 0 spiro atoms. The van der Waals surface area contributed by atoms with Crippen molar-refractivity contribution in [2.75, 3.05) is 13.1 Å². The summed E-state index contributed by atoms with van der Waals surface area (Å²) in [4.78, 5) is 29.1. The number of pyridine rings is 1. The van der Waals surface area contributed by atoms with E-state index < -0.39 is 0 Å². The van der Waals surface area contributed by atoms with Crippen molar-refractivity contribution in [3.05, 3.63) is 52.0 Å². The van der Waals surface area contributed by atoms with Crippen LogP contribution in [0.3, 0.4) is 0 Å². The first kappa shape index (κ1) is 16.4. The molecule has 1 aliphatic rings. The third-order valence-electron chi connectivity index (χ3n) is 3.98. The normalized spacial score (nSPS) is 16.1. The molecule has 0 fully saturated rings. The topological polar surface area (TPSA) is 83.1 Å². The highest BCUT2D eigenvalue weighted by atomic mass is 32.1. The lowest BCUT2D eigenvalue weighted by Gasteiger charge is -2.23. The number of hydrogen-bond acceptors (Lipinski definition) is 4. The summed E-state index contributed by atoms with van der Waals surface area (Å²) in [5.41, 5.74) is 1.75. The third kappa shape index (κ3) is 4.11. The number of amides is 3. The number of carbonyl (C=O) groups excluding carboxylic acids is 2. The van der Waals surface area contributed by atoms with E-state index in [1.165, 1.54) is 16.6 Å². The lowest BCUT2D eigenvalue weighted by molar-refractivity contribution is 0.0953. The second kappa shape index (κ2) is 7.92. The highest BCUT2D eigenvalue weighted by Crippen LogP contribution is 2.33. The van der Waals surface area contributed by atoms with Crippen molar-refractivity contribution >= 4 is 23.3 Å². The summed E-state index contributed by atoms with van der Waals surface area (Å²) < 4.78 is 0. The van der Waals surface area contributed by atoms with Gasteiger partial charge in [-0.15, -0.1) is 11.3 Å². The Morgan fingerprint density at radius 1 is 1.25 bits per heavy atom. The molecule has 6 nitrogen and oxygen atoms in total. The van der Waals surface area contributed by atoms with Gasteiger partial charge in [0.25, 0.3) is 5.91 Å². The summed E-state index contributed by atoms with van der Waals surface area (Å²) in [6.07, 6.45) is 6.30. The van der Waals surface area contributed by atoms with Crippen LogP contribution in [-0.2, 0) is 6.42 Å². The SMILES string of the molecule is O=C(NCCNC(=O)c1cccnc1)N[C@H]1CCCc2sccc21. The largest absolute Gasteiger partial charge is 0.350 e. The summed E-state index contributed by atoms with van der Waals surface area (Å²) in [7, 11) is 0. The van der Waals surface area contributed by atoms with Crippen molar-refractivity contribution < 1.29 is 9.59 Å². The maximum Gasteiger partial charge on any atom is 0.315 e. The fourth-order valence-electron chi connectivity index (χ4n) is 2.80. The number of hydrogen-bond donors (Lipinski definition) is 3. The molecule has 2 aromatic rings. The van der Waals surface area contributed by atoms with Crippen LogP contribution in [-0.4, -0.2) is 30.0 Å². The lowest BCUT2D eigenvalue weighted by Crippen LogP contribution is -2.42. The molecule has 1 aliphatic carbocycles. The molecule has 7 heteroatoms. The monoisotopic (exact) mass is 344 g/mol. The van der Waals surface area contributed by atoms with Gasteiger partial charge >= 0.3 is 6.03 Å². The van der Waals surface area contributed by atoms with Crippen LogP contribution in [0.4, 0.5) is 4.79 Å². The van der Waals surface area contributed by atoms with Gasteiger partial charge in [-0.1, -0.05) is 0 Å². The number of nitrogens with zero attached hydrogens (tertiary/aromatic N) is 1. The Kier molecular flexibility index (Phi) is 5.43. The van der Waals surface area contributed by atoms with Gasteiger partial charge in [-0.25, -0.2) is 4.79 Å². The Hall–Kier alpha value is -2.41. The van der Waals surface area contributed by atoms with Gasteiger partial charge in [-0.3, -0.25) is 9.78 Å². The number of rotatable bonds is 5. The highest BCUT2D eigenvalue weighted by molar-refractivity contribution is 7.10. The third-order valence-corrected chi connectivity index (χ3v) is 4.97. The van der Waals surface area contributed by atoms with Gasteiger partial charge in [0.2, 0.25) is 0 Å². The van der Waals surface area contributed by atoms with Crippen LogP contribution in [0, 0.1) is 0 Å². The molecule has 0 radical (unpaired) electrons. The lowest BCUT2D eigenvalue weighted by atomic mass is 9.94. The van der Waals surface area contributed by atoms with Crippen LogP contribution >= 0.6 is 11.3 Å². The molecule has 2 heterocycles. The van der Waals surface area contributed by atoms with E-state index in [9.17, 15) is 9.59 Å². The maximum atomic E-state index is 12.0. The predicted octanol–water partition coefficient (Wildman–Crippen LogP) is 2.25. The van der Waals surface area contributed by atoms with Gasteiger partial charge in [0.1, 0.15) is 0 Å². The van der Waals surface area contributed by atoms with Gasteiger partial charge in [0, 0.05) is 30.4 Å². The number of carbonyl (C=O) groups is 2. The second-order valence-electron chi connectivity index (χ2n) is 5.64. The zero-order chi connectivity index (χ0) is 16.8. The molecule has 0 aromatic carbocycles. The van der Waals surface area contributed by atoms with Crippen LogP contribution in [0.2, 0.25) is 0 Å². The van der Waals surface area contributed by atoms with E-state index in [1.54, 1.807) is 29.7 Å². The Labute approximate surface area is 144 Å². The molecule has 3 rings (SSSR count). The van der Waals surface area contributed by atoms with Crippen molar-refractivity contribution in [1.82, 2.24) is 20.9 Å². The van der Waals surface area contributed by atoms with Crippen LogP contribution < -0.4 is 16.0 Å². The Morgan fingerprint density at radius 2 is 2.12 bits per heavy atom. The van der Waals surface area contributed by atoms with E-state index in [4.69, 9.17) is 0 Å². The van der Waals surface area contributed by atoms with Gasteiger partial charge in [-0.2, -0.15) is 0 Å². The maximum absolute atomic E-state index is 12.0. The standard InChI is InChI=1S/C17H20N4O2S/c22-16(12-3-2-7-18-11-12)19-8-9-20-17(23)21-14-4-1-5-15-13(14)6-10-24-15/h2-3,6-7,10-11,14H,1,4-5,8-9H2,(H,19,22)(H2,20,21,23)/t14-/m0/s1. The van der Waals surface area contributed by atoms with Gasteiger partial charge in [-0.05, 0) is 48.4 Å². The molecule has 126 valence electrons. The second-order valence-corrected chi connectivity index (χ2v) is 6.64. The van der Waals surface area contributed by atoms with E-state index in [1.807, 2.05) is 0 Å². The van der Waals surface area contributed by atoms with Crippen LogP contribution in [0.15, 0.2) is 36.0 Å². The molecule has 0 unspecified atom stereocenters. The molecule has 3 amide bonds. The summed E-state index contributed by atoms with van der Waals surface area (Å²) in [5, 5.41) is 10.6. The quantitative estimate of drug-likeness (QED) is 0.728. The average molecular weight is 344 g/mol. The molecule has 2 aromatic heterocycles. The van der Waals surface area contributed by atoms with E-state index >= 15 is 0 Å². The average Bonchev–Trinajstić information content (AvgIpc) is 3.09. The first-order valence-corrected chi connectivity index (χ1v) is 8.91. The summed E-state index contributed by atoms with van der Waals surface area (Å²) in [5.74, 6) is -0.194. The molecule has 24 heavy (non-hydrogen) atoms. The first-order chi connectivity index (χ1) is 11.7. The first-order valence-electron chi connectivity index (χ1n) is 8.03. The Balaban J connectivity index is 1.39. The van der Waals surface area contributed by atoms with E-state index in [2.05, 4.69) is 32.4 Å². The zero-order valence-electron chi connectivity index (χ0n) is 13.2. The smallest absolute Gasteiger partial charge is 0.315 e. The molecule has 0 saturated heterocycles. The molecule has 0 bridgehead atoms. The Morgan fingerprint density at radius 3 is 2.96 bits per heavy atom. The summed E-state index contributed by atoms with van der Waals surface area (Å²) >= 11 is 1.75. The fraction of sp³-hybridized carbons (Fsp3) is 0.353. The van der Waals surface area contributed by atoms with Gasteiger partial charge < -0.3 is 16.0 Å². The van der Waals surface area contributed by atoms with Crippen molar-refractivity contribution in [3.8, 4) is 0 Å². The van der Waals surface area contributed by atoms with Crippen molar-refractivity contribution in [1.29, 1.82) is 0 Å². The van der Waals surface area contributed by atoms with Crippen LogP contribution in [0.1, 0.15) is 39.7 Å². The van der Waals surface area contributed by atoms with E-state index in [0.29, 0.717) is 18.7 Å². The Bertz CT molecular complexity index is 702. The predicted molar refractivity (Wildman–Crippen MR) is 93.1 cm³/mol. The van der Waals surface area contributed by atoms with Crippen molar-refractivity contribution in [2.24, 2.45) is 0 Å². The van der Waals surface area contributed by atoms with E-state index in [-0.39, 0.29) is 18.0 Å². The van der Waals surface area contributed by atoms with Crippen molar-refractivity contribution in [2.45, 2.75) is 25.3 Å². The zero-order valence-corrected chi connectivity index (χ0v) is 14.1. The number of thiophene rings is 1. The van der Waals surface area contributed by atoms with E-state index in [0.717, 1.165) is 19.3 Å². The minimum absolute atomic E-state index is 0.0879. The number of aryl methyl sites for hydroxylation is 1. The van der Waals surface area contributed by atoms with Gasteiger partial charge in [0.05, 0.1) is 11.6 Å². The molecular weight excluding hydrogens is 324 g/mol. The number of aromatic nitrogens is 1. The summed E-state index contributed by atoms with van der Waals surface area (Å²) in [6, 6.07) is 5.39.